The number of hydrogen-bond donors (Lipinski definition) is 1. The first-order valence-electron chi connectivity index (χ1n) is 7.66. The van der Waals surface area contributed by atoms with Crippen LogP contribution in [0.3, 0.4) is 0 Å². The second-order valence-corrected chi connectivity index (χ2v) is 6.33. The standard InChI is InChI=1S/C19H19NOS/c1-2-3-13-20-17(14-9-5-4-6-10-14)19-18(21)15-11-7-8-12-16(15)22-19/h4-12,20H,2-3,13H2,1H3. The number of unbranched alkanes of at least 4 members (excludes halogenated alkanes) is 1. The lowest BCUT2D eigenvalue weighted by molar-refractivity contribution is 0.104. The van der Waals surface area contributed by atoms with Gasteiger partial charge in [0, 0.05) is 17.0 Å². The number of Topliss-reactive ketones (excluding diaryl/α,β-unsaturated/α-hetero) is 1. The Labute approximate surface area is 135 Å². The Balaban J connectivity index is 2.00. The maximum absolute atomic E-state index is 12.7. The topological polar surface area (TPSA) is 29.1 Å². The van der Waals surface area contributed by atoms with Crippen LogP contribution in [0.25, 0.3) is 5.70 Å². The van der Waals surface area contributed by atoms with Crippen molar-refractivity contribution >= 4 is 23.2 Å². The van der Waals surface area contributed by atoms with Crippen molar-refractivity contribution in [2.75, 3.05) is 6.54 Å². The number of rotatable bonds is 5. The molecule has 0 aromatic heterocycles. The van der Waals surface area contributed by atoms with Crippen molar-refractivity contribution in [3.05, 3.63) is 70.6 Å². The molecule has 0 unspecified atom stereocenters. The highest BCUT2D eigenvalue weighted by atomic mass is 32.2. The Hall–Kier alpha value is -2.00. The van der Waals surface area contributed by atoms with Gasteiger partial charge in [0.1, 0.15) is 0 Å². The van der Waals surface area contributed by atoms with E-state index in [-0.39, 0.29) is 5.78 Å². The number of ketones is 1. The molecule has 3 rings (SSSR count). The van der Waals surface area contributed by atoms with Gasteiger partial charge >= 0.3 is 0 Å². The molecule has 1 heterocycles. The average Bonchev–Trinajstić information content (AvgIpc) is 2.90. The molecule has 0 bridgehead atoms. The van der Waals surface area contributed by atoms with Crippen LogP contribution >= 0.6 is 11.8 Å². The zero-order chi connectivity index (χ0) is 15.4. The minimum absolute atomic E-state index is 0.128. The van der Waals surface area contributed by atoms with Gasteiger partial charge in [-0.15, -0.1) is 0 Å². The van der Waals surface area contributed by atoms with Gasteiger partial charge in [0.25, 0.3) is 0 Å². The summed E-state index contributed by atoms with van der Waals surface area (Å²) >= 11 is 1.57. The van der Waals surface area contributed by atoms with E-state index in [2.05, 4.69) is 24.4 Å². The molecule has 0 amide bonds. The van der Waals surface area contributed by atoms with Crippen LogP contribution in [-0.2, 0) is 0 Å². The van der Waals surface area contributed by atoms with Gasteiger partial charge < -0.3 is 5.32 Å². The van der Waals surface area contributed by atoms with E-state index in [1.54, 1.807) is 11.8 Å². The van der Waals surface area contributed by atoms with E-state index < -0.39 is 0 Å². The molecule has 1 aliphatic heterocycles. The third-order valence-corrected chi connectivity index (χ3v) is 4.84. The van der Waals surface area contributed by atoms with Gasteiger partial charge in [-0.05, 0) is 24.1 Å². The summed E-state index contributed by atoms with van der Waals surface area (Å²) < 4.78 is 0. The molecular weight excluding hydrogens is 290 g/mol. The van der Waals surface area contributed by atoms with Gasteiger partial charge in [0.15, 0.2) is 0 Å². The van der Waals surface area contributed by atoms with Crippen LogP contribution in [0.2, 0.25) is 0 Å². The number of hydrogen-bond acceptors (Lipinski definition) is 3. The van der Waals surface area contributed by atoms with E-state index in [0.29, 0.717) is 0 Å². The fourth-order valence-electron chi connectivity index (χ4n) is 2.49. The maximum Gasteiger partial charge on any atom is 0.202 e. The molecule has 0 spiro atoms. The molecule has 22 heavy (non-hydrogen) atoms. The summed E-state index contributed by atoms with van der Waals surface area (Å²) in [7, 11) is 0. The van der Waals surface area contributed by atoms with E-state index in [1.807, 2.05) is 42.5 Å². The number of carbonyl (C=O) groups excluding carboxylic acids is 1. The van der Waals surface area contributed by atoms with Crippen LogP contribution in [0.4, 0.5) is 0 Å². The highest BCUT2D eigenvalue weighted by Crippen LogP contribution is 2.42. The fourth-order valence-corrected chi connectivity index (χ4v) is 3.63. The minimum Gasteiger partial charge on any atom is -0.384 e. The molecule has 0 fully saturated rings. The zero-order valence-corrected chi connectivity index (χ0v) is 13.5. The quantitative estimate of drug-likeness (QED) is 0.639. The van der Waals surface area contributed by atoms with Crippen LogP contribution in [0.1, 0.15) is 35.7 Å². The molecule has 3 heteroatoms. The van der Waals surface area contributed by atoms with Crippen molar-refractivity contribution in [1.29, 1.82) is 0 Å². The van der Waals surface area contributed by atoms with Crippen molar-refractivity contribution < 1.29 is 4.79 Å². The second-order valence-electron chi connectivity index (χ2n) is 5.28. The normalized spacial score (nSPS) is 15.6. The SMILES string of the molecule is CCCCNC(=C1Sc2ccccc2C1=O)c1ccccc1. The first kappa shape index (κ1) is 14.9. The largest absolute Gasteiger partial charge is 0.384 e. The Bertz CT molecular complexity index is 706. The molecule has 0 aliphatic carbocycles. The number of carbonyl (C=O) groups is 1. The predicted octanol–water partition coefficient (Wildman–Crippen LogP) is 4.73. The smallest absolute Gasteiger partial charge is 0.202 e. The number of fused-ring (bicyclic) bond motifs is 1. The molecule has 2 nitrogen and oxygen atoms in total. The summed E-state index contributed by atoms with van der Waals surface area (Å²) in [5, 5.41) is 3.48. The van der Waals surface area contributed by atoms with E-state index in [4.69, 9.17) is 0 Å². The van der Waals surface area contributed by atoms with Crippen molar-refractivity contribution in [1.82, 2.24) is 5.32 Å². The maximum atomic E-state index is 12.7. The van der Waals surface area contributed by atoms with Gasteiger partial charge in [0.05, 0.1) is 10.6 Å². The number of allylic oxidation sites excluding steroid dienone is 1. The van der Waals surface area contributed by atoms with Crippen molar-refractivity contribution in [2.24, 2.45) is 0 Å². The monoisotopic (exact) mass is 309 g/mol. The predicted molar refractivity (Wildman–Crippen MR) is 92.9 cm³/mol. The molecule has 0 saturated heterocycles. The molecule has 112 valence electrons. The van der Waals surface area contributed by atoms with E-state index in [9.17, 15) is 4.79 Å². The molecule has 0 saturated carbocycles. The third kappa shape index (κ3) is 2.95. The second kappa shape index (κ2) is 6.84. The summed E-state index contributed by atoms with van der Waals surface area (Å²) in [6.45, 7) is 3.05. The number of thioether (sulfide) groups is 1. The fraction of sp³-hybridized carbons (Fsp3) is 0.211. The van der Waals surface area contributed by atoms with E-state index >= 15 is 0 Å². The van der Waals surface area contributed by atoms with Gasteiger partial charge in [0.2, 0.25) is 5.78 Å². The molecule has 1 N–H and O–H groups in total. The number of nitrogens with one attached hydrogen (secondary N) is 1. The van der Waals surface area contributed by atoms with Crippen LogP contribution in [0, 0.1) is 0 Å². The summed E-state index contributed by atoms with van der Waals surface area (Å²) in [6, 6.07) is 17.9. The molecule has 0 atom stereocenters. The highest BCUT2D eigenvalue weighted by molar-refractivity contribution is 8.05. The Morgan fingerprint density at radius 3 is 2.50 bits per heavy atom. The first-order chi connectivity index (χ1) is 10.8. The number of benzene rings is 2. The Kier molecular flexibility index (Phi) is 4.64. The lowest BCUT2D eigenvalue weighted by atomic mass is 10.1. The average molecular weight is 309 g/mol. The molecule has 0 radical (unpaired) electrons. The van der Waals surface area contributed by atoms with E-state index in [1.165, 1.54) is 0 Å². The van der Waals surface area contributed by atoms with Crippen molar-refractivity contribution in [3.8, 4) is 0 Å². The van der Waals surface area contributed by atoms with Gasteiger partial charge in [-0.2, -0.15) is 0 Å². The first-order valence-corrected chi connectivity index (χ1v) is 8.48. The van der Waals surface area contributed by atoms with Crippen LogP contribution in [0.15, 0.2) is 64.4 Å². The van der Waals surface area contributed by atoms with Gasteiger partial charge in [-0.1, -0.05) is 67.6 Å². The molecular formula is C19H19NOS. The molecule has 1 aliphatic rings. The van der Waals surface area contributed by atoms with Crippen LogP contribution < -0.4 is 5.32 Å². The lowest BCUT2D eigenvalue weighted by Gasteiger charge is -2.13. The summed E-state index contributed by atoms with van der Waals surface area (Å²) in [4.78, 5) is 14.6. The highest BCUT2D eigenvalue weighted by Gasteiger charge is 2.28. The Morgan fingerprint density at radius 2 is 1.77 bits per heavy atom. The van der Waals surface area contributed by atoms with Crippen LogP contribution in [0.5, 0.6) is 0 Å². The summed E-state index contributed by atoms with van der Waals surface area (Å²) in [6.07, 6.45) is 2.22. The van der Waals surface area contributed by atoms with Crippen molar-refractivity contribution in [2.45, 2.75) is 24.7 Å². The van der Waals surface area contributed by atoms with Gasteiger partial charge in [-0.25, -0.2) is 0 Å². The molecule has 2 aromatic rings. The van der Waals surface area contributed by atoms with E-state index in [0.717, 1.165) is 46.0 Å². The summed E-state index contributed by atoms with van der Waals surface area (Å²) in [5.74, 6) is 0.128. The van der Waals surface area contributed by atoms with Crippen molar-refractivity contribution in [3.63, 3.8) is 0 Å². The molecule has 2 aromatic carbocycles. The van der Waals surface area contributed by atoms with Gasteiger partial charge in [-0.3, -0.25) is 4.79 Å². The minimum atomic E-state index is 0.128. The Morgan fingerprint density at radius 1 is 1.05 bits per heavy atom. The lowest BCUT2D eigenvalue weighted by Crippen LogP contribution is -2.16. The third-order valence-electron chi connectivity index (χ3n) is 3.67. The summed E-state index contributed by atoms with van der Waals surface area (Å²) in [5.41, 5.74) is 2.84. The zero-order valence-electron chi connectivity index (χ0n) is 12.6. The van der Waals surface area contributed by atoms with Crippen LogP contribution in [-0.4, -0.2) is 12.3 Å².